The average Bonchev–Trinajstić information content (AvgIpc) is 2.68. The van der Waals surface area contributed by atoms with E-state index in [0.29, 0.717) is 61.0 Å². The van der Waals surface area contributed by atoms with E-state index in [2.05, 4.69) is 5.32 Å². The lowest BCUT2D eigenvalue weighted by Crippen LogP contribution is -2.52. The molecular weight excluding hydrogens is 410 g/mol. The summed E-state index contributed by atoms with van der Waals surface area (Å²) in [7, 11) is 0. The summed E-state index contributed by atoms with van der Waals surface area (Å²) >= 11 is 6.20. The van der Waals surface area contributed by atoms with Crippen LogP contribution in [0.3, 0.4) is 0 Å². The molecule has 166 valence electrons. The number of rotatable bonds is 3. The van der Waals surface area contributed by atoms with Crippen LogP contribution in [0.1, 0.15) is 56.0 Å². The highest BCUT2D eigenvalue weighted by Gasteiger charge is 2.36. The van der Waals surface area contributed by atoms with E-state index in [1.54, 1.807) is 4.90 Å². The summed E-state index contributed by atoms with van der Waals surface area (Å²) in [5, 5.41) is 14.0. The van der Waals surface area contributed by atoms with Crippen LogP contribution in [-0.4, -0.2) is 59.5 Å². The number of nitrogens with zero attached hydrogens (tertiary/aromatic N) is 1. The number of hydrogen-bond acceptors (Lipinski definition) is 6. The first-order chi connectivity index (χ1) is 14.0. The molecule has 2 heterocycles. The smallest absolute Gasteiger partial charge is 0.410 e. The first kappa shape index (κ1) is 22.5. The number of ether oxygens (including phenoxy) is 2. The van der Waals surface area contributed by atoms with Crippen molar-refractivity contribution in [2.75, 3.05) is 32.0 Å². The van der Waals surface area contributed by atoms with Crippen LogP contribution in [0.15, 0.2) is 6.07 Å². The number of nitrogens with two attached hydrogens (primary N) is 1. The molecule has 2 aliphatic rings. The standard InChI is InChI=1S/C21H30ClN3O5/c1-20(2,3)30-19(27)25-8-6-21(28,7-9-25)12-24-18(26)14-11-15(22)16(23)13-5-4-10-29-17(13)14/h11,28H,4-10,12,23H2,1-3H3,(H,24,26). The number of hydrogen-bond donors (Lipinski definition) is 3. The lowest BCUT2D eigenvalue weighted by molar-refractivity contribution is -0.0303. The van der Waals surface area contributed by atoms with Gasteiger partial charge in [-0.2, -0.15) is 0 Å². The van der Waals surface area contributed by atoms with Crippen LogP contribution >= 0.6 is 11.6 Å². The summed E-state index contributed by atoms with van der Waals surface area (Å²) < 4.78 is 11.1. The molecule has 0 aliphatic carbocycles. The Bertz CT molecular complexity index is 829. The number of carbonyl (C=O) groups excluding carboxylic acids is 2. The molecule has 0 saturated carbocycles. The van der Waals surface area contributed by atoms with E-state index >= 15 is 0 Å². The molecule has 0 atom stereocenters. The van der Waals surface area contributed by atoms with E-state index in [0.717, 1.165) is 12.0 Å². The van der Waals surface area contributed by atoms with Crippen LogP contribution in [0.4, 0.5) is 10.5 Å². The zero-order valence-electron chi connectivity index (χ0n) is 17.7. The van der Waals surface area contributed by atoms with Crippen molar-refractivity contribution < 1.29 is 24.2 Å². The van der Waals surface area contributed by atoms with Gasteiger partial charge in [0.15, 0.2) is 0 Å². The molecule has 0 bridgehead atoms. The highest BCUT2D eigenvalue weighted by Crippen LogP contribution is 2.38. The lowest BCUT2D eigenvalue weighted by Gasteiger charge is -2.38. The second-order valence-electron chi connectivity index (χ2n) is 8.95. The zero-order valence-corrected chi connectivity index (χ0v) is 18.5. The number of amides is 2. The SMILES string of the molecule is CC(C)(C)OC(=O)N1CCC(O)(CNC(=O)c2cc(Cl)c(N)c3c2OCCC3)CC1. The number of nitrogens with one attached hydrogen (secondary N) is 1. The van der Waals surface area contributed by atoms with Crippen molar-refractivity contribution in [3.05, 3.63) is 22.2 Å². The van der Waals surface area contributed by atoms with E-state index in [9.17, 15) is 14.7 Å². The number of aliphatic hydroxyl groups is 1. The van der Waals surface area contributed by atoms with Crippen molar-refractivity contribution >= 4 is 29.3 Å². The molecule has 2 amide bonds. The normalized spacial score (nSPS) is 18.2. The van der Waals surface area contributed by atoms with Gasteiger partial charge in [-0.1, -0.05) is 11.6 Å². The number of fused-ring (bicyclic) bond motifs is 1. The van der Waals surface area contributed by atoms with Crippen LogP contribution in [0, 0.1) is 0 Å². The van der Waals surface area contributed by atoms with Crippen molar-refractivity contribution in [2.24, 2.45) is 0 Å². The van der Waals surface area contributed by atoms with E-state index < -0.39 is 17.3 Å². The molecule has 0 aromatic heterocycles. The van der Waals surface area contributed by atoms with Crippen LogP contribution in [-0.2, 0) is 11.2 Å². The van der Waals surface area contributed by atoms with E-state index in [1.807, 2.05) is 20.8 Å². The van der Waals surface area contributed by atoms with Gasteiger partial charge in [0.25, 0.3) is 5.91 Å². The summed E-state index contributed by atoms with van der Waals surface area (Å²) in [5.41, 5.74) is 5.87. The van der Waals surface area contributed by atoms with Gasteiger partial charge in [-0.25, -0.2) is 4.79 Å². The fourth-order valence-corrected chi connectivity index (χ4v) is 3.88. The van der Waals surface area contributed by atoms with Crippen LogP contribution in [0.25, 0.3) is 0 Å². The average molecular weight is 440 g/mol. The minimum atomic E-state index is -1.10. The van der Waals surface area contributed by atoms with Crippen molar-refractivity contribution in [1.82, 2.24) is 10.2 Å². The third-order valence-electron chi connectivity index (χ3n) is 5.36. The molecule has 30 heavy (non-hydrogen) atoms. The monoisotopic (exact) mass is 439 g/mol. The van der Waals surface area contributed by atoms with Crippen molar-refractivity contribution in [2.45, 2.75) is 57.7 Å². The second-order valence-corrected chi connectivity index (χ2v) is 9.36. The summed E-state index contributed by atoms with van der Waals surface area (Å²) in [6.07, 6.45) is 1.79. The van der Waals surface area contributed by atoms with Gasteiger partial charge >= 0.3 is 6.09 Å². The van der Waals surface area contributed by atoms with E-state index in [-0.39, 0.29) is 12.5 Å². The predicted octanol–water partition coefficient (Wildman–Crippen LogP) is 2.74. The summed E-state index contributed by atoms with van der Waals surface area (Å²) in [4.78, 5) is 26.6. The molecule has 9 heteroatoms. The molecule has 1 aromatic carbocycles. The van der Waals surface area contributed by atoms with Crippen LogP contribution in [0.5, 0.6) is 5.75 Å². The number of halogens is 1. The van der Waals surface area contributed by atoms with Crippen molar-refractivity contribution in [3.8, 4) is 5.75 Å². The van der Waals surface area contributed by atoms with E-state index in [4.69, 9.17) is 26.8 Å². The maximum absolute atomic E-state index is 12.8. The van der Waals surface area contributed by atoms with Gasteiger partial charge in [0.05, 0.1) is 28.5 Å². The van der Waals surface area contributed by atoms with Gasteiger partial charge in [-0.3, -0.25) is 4.79 Å². The fraction of sp³-hybridized carbons (Fsp3) is 0.619. The van der Waals surface area contributed by atoms with E-state index in [1.165, 1.54) is 6.07 Å². The Hall–Kier alpha value is -2.19. The number of benzene rings is 1. The maximum Gasteiger partial charge on any atom is 0.410 e. The van der Waals surface area contributed by atoms with Gasteiger partial charge < -0.3 is 30.5 Å². The minimum absolute atomic E-state index is 0.0603. The highest BCUT2D eigenvalue weighted by molar-refractivity contribution is 6.33. The molecule has 4 N–H and O–H groups in total. The molecule has 2 aliphatic heterocycles. The summed E-state index contributed by atoms with van der Waals surface area (Å²) in [6, 6.07) is 1.51. The Morgan fingerprint density at radius 2 is 2.03 bits per heavy atom. The Labute approximate surface area is 181 Å². The van der Waals surface area contributed by atoms with Gasteiger partial charge in [0.1, 0.15) is 11.4 Å². The third kappa shape index (κ3) is 5.10. The van der Waals surface area contributed by atoms with Crippen LogP contribution in [0.2, 0.25) is 5.02 Å². The molecule has 1 saturated heterocycles. The molecule has 3 rings (SSSR count). The Balaban J connectivity index is 1.61. The van der Waals surface area contributed by atoms with Gasteiger partial charge in [0, 0.05) is 25.2 Å². The van der Waals surface area contributed by atoms with Crippen molar-refractivity contribution in [3.63, 3.8) is 0 Å². The Kier molecular flexibility index (Phi) is 6.38. The number of anilines is 1. The number of carbonyl (C=O) groups is 2. The number of likely N-dealkylation sites (tertiary alicyclic amines) is 1. The topological polar surface area (TPSA) is 114 Å². The van der Waals surface area contributed by atoms with Gasteiger partial charge in [-0.05, 0) is 52.5 Å². The minimum Gasteiger partial charge on any atom is -0.492 e. The number of nitrogen functional groups attached to an aromatic ring is 1. The summed E-state index contributed by atoms with van der Waals surface area (Å²) in [6.45, 7) is 6.72. The fourth-order valence-electron chi connectivity index (χ4n) is 3.65. The highest BCUT2D eigenvalue weighted by atomic mass is 35.5. The molecule has 8 nitrogen and oxygen atoms in total. The molecule has 0 unspecified atom stereocenters. The zero-order chi connectivity index (χ0) is 22.1. The van der Waals surface area contributed by atoms with Gasteiger partial charge in [-0.15, -0.1) is 0 Å². The largest absolute Gasteiger partial charge is 0.492 e. The van der Waals surface area contributed by atoms with Crippen LogP contribution < -0.4 is 15.8 Å². The quantitative estimate of drug-likeness (QED) is 0.624. The molecule has 1 fully saturated rings. The maximum atomic E-state index is 12.8. The Morgan fingerprint density at radius 1 is 1.37 bits per heavy atom. The second kappa shape index (κ2) is 8.51. The number of piperidine rings is 1. The Morgan fingerprint density at radius 3 is 2.67 bits per heavy atom. The first-order valence-electron chi connectivity index (χ1n) is 10.2. The van der Waals surface area contributed by atoms with Crippen molar-refractivity contribution in [1.29, 1.82) is 0 Å². The predicted molar refractivity (Wildman–Crippen MR) is 114 cm³/mol. The van der Waals surface area contributed by atoms with Gasteiger partial charge in [0.2, 0.25) is 0 Å². The lowest BCUT2D eigenvalue weighted by atomic mass is 9.91. The molecule has 0 radical (unpaired) electrons. The first-order valence-corrected chi connectivity index (χ1v) is 10.6. The molecule has 0 spiro atoms. The molecular formula is C21H30ClN3O5. The third-order valence-corrected chi connectivity index (χ3v) is 5.67. The summed E-state index contributed by atoms with van der Waals surface area (Å²) in [5.74, 6) is 0.0884. The molecule has 1 aromatic rings.